The minimum atomic E-state index is -0.646. The van der Waals surface area contributed by atoms with Crippen molar-refractivity contribution in [2.24, 2.45) is 0 Å². The first-order valence-corrected chi connectivity index (χ1v) is 9.49. The summed E-state index contributed by atoms with van der Waals surface area (Å²) in [5.74, 6) is 0.873. The zero-order chi connectivity index (χ0) is 18.1. The third kappa shape index (κ3) is 3.20. The number of carbonyl (C=O) groups is 2. The summed E-state index contributed by atoms with van der Waals surface area (Å²) in [4.78, 5) is 25.1. The predicted molar refractivity (Wildman–Crippen MR) is 99.5 cm³/mol. The molecule has 1 atom stereocenters. The molecule has 134 valence electrons. The molecule has 4 rings (SSSR count). The van der Waals surface area contributed by atoms with Crippen LogP contribution in [0.3, 0.4) is 0 Å². The quantitative estimate of drug-likeness (QED) is 0.724. The standard InChI is InChI=1S/C18H19N5O2S/c1-11(19-18(25)14-6-3-9-26-14)17(24)20-13-7-8-15-21-22-16(23(15)10-13)12-4-2-5-12/h3,6-12H,2,4-5H2,1H3,(H,19,25)(H,20,24). The van der Waals surface area contributed by atoms with Crippen molar-refractivity contribution in [2.45, 2.75) is 38.1 Å². The summed E-state index contributed by atoms with van der Waals surface area (Å²) in [6.45, 7) is 1.66. The Labute approximate surface area is 154 Å². The highest BCUT2D eigenvalue weighted by Gasteiger charge is 2.25. The Morgan fingerprint density at radius 2 is 2.12 bits per heavy atom. The maximum absolute atomic E-state index is 12.4. The van der Waals surface area contributed by atoms with Crippen LogP contribution in [0, 0.1) is 0 Å². The lowest BCUT2D eigenvalue weighted by atomic mass is 9.85. The molecular weight excluding hydrogens is 350 g/mol. The highest BCUT2D eigenvalue weighted by Crippen LogP contribution is 2.35. The molecule has 1 fully saturated rings. The lowest BCUT2D eigenvalue weighted by Crippen LogP contribution is -2.41. The number of rotatable bonds is 5. The third-order valence-corrected chi connectivity index (χ3v) is 5.52. The van der Waals surface area contributed by atoms with Crippen molar-refractivity contribution in [3.05, 3.63) is 46.5 Å². The van der Waals surface area contributed by atoms with E-state index in [1.807, 2.05) is 22.0 Å². The molecule has 1 aliphatic rings. The van der Waals surface area contributed by atoms with Gasteiger partial charge in [-0.15, -0.1) is 21.5 Å². The molecule has 3 aromatic rings. The maximum atomic E-state index is 12.4. The highest BCUT2D eigenvalue weighted by molar-refractivity contribution is 7.12. The topological polar surface area (TPSA) is 88.4 Å². The van der Waals surface area contributed by atoms with Gasteiger partial charge in [-0.3, -0.25) is 14.0 Å². The van der Waals surface area contributed by atoms with Gasteiger partial charge in [-0.2, -0.15) is 0 Å². The van der Waals surface area contributed by atoms with Crippen LogP contribution in [0.1, 0.15) is 47.6 Å². The normalized spacial score (nSPS) is 15.4. The molecule has 0 aromatic carbocycles. The number of aromatic nitrogens is 3. The van der Waals surface area contributed by atoms with Gasteiger partial charge in [0.05, 0.1) is 10.6 Å². The molecule has 8 heteroatoms. The maximum Gasteiger partial charge on any atom is 0.261 e. The number of thiophene rings is 1. The van der Waals surface area contributed by atoms with E-state index in [9.17, 15) is 9.59 Å². The van der Waals surface area contributed by atoms with E-state index >= 15 is 0 Å². The first-order valence-electron chi connectivity index (χ1n) is 8.62. The number of amides is 2. The summed E-state index contributed by atoms with van der Waals surface area (Å²) in [6.07, 6.45) is 5.32. The van der Waals surface area contributed by atoms with E-state index in [4.69, 9.17) is 0 Å². The second kappa shape index (κ2) is 6.87. The van der Waals surface area contributed by atoms with Crippen molar-refractivity contribution in [3.63, 3.8) is 0 Å². The van der Waals surface area contributed by atoms with E-state index in [1.165, 1.54) is 17.8 Å². The monoisotopic (exact) mass is 369 g/mol. The Morgan fingerprint density at radius 1 is 1.27 bits per heavy atom. The van der Waals surface area contributed by atoms with Gasteiger partial charge in [-0.25, -0.2) is 0 Å². The Hall–Kier alpha value is -2.74. The Morgan fingerprint density at radius 3 is 2.81 bits per heavy atom. The van der Waals surface area contributed by atoms with Crippen LogP contribution in [0.25, 0.3) is 5.65 Å². The number of pyridine rings is 1. The van der Waals surface area contributed by atoms with Crippen molar-refractivity contribution in [1.82, 2.24) is 19.9 Å². The molecule has 0 aliphatic heterocycles. The molecule has 1 unspecified atom stereocenters. The van der Waals surface area contributed by atoms with Gasteiger partial charge in [0.15, 0.2) is 5.65 Å². The molecular formula is C18H19N5O2S. The summed E-state index contributed by atoms with van der Waals surface area (Å²) in [6, 6.07) is 6.51. The molecule has 2 N–H and O–H groups in total. The van der Waals surface area contributed by atoms with Crippen LogP contribution in [0.5, 0.6) is 0 Å². The van der Waals surface area contributed by atoms with E-state index in [2.05, 4.69) is 20.8 Å². The number of nitrogens with one attached hydrogen (secondary N) is 2. The predicted octanol–water partition coefficient (Wildman–Crippen LogP) is 2.82. The van der Waals surface area contributed by atoms with Crippen molar-refractivity contribution in [1.29, 1.82) is 0 Å². The molecule has 0 radical (unpaired) electrons. The van der Waals surface area contributed by atoms with Gasteiger partial charge in [-0.05, 0) is 43.3 Å². The van der Waals surface area contributed by atoms with E-state index in [1.54, 1.807) is 25.1 Å². The van der Waals surface area contributed by atoms with Crippen LogP contribution in [0.15, 0.2) is 35.8 Å². The molecule has 3 heterocycles. The smallest absolute Gasteiger partial charge is 0.261 e. The van der Waals surface area contributed by atoms with E-state index < -0.39 is 6.04 Å². The van der Waals surface area contributed by atoms with Crippen molar-refractivity contribution < 1.29 is 9.59 Å². The minimum absolute atomic E-state index is 0.246. The highest BCUT2D eigenvalue weighted by atomic mass is 32.1. The lowest BCUT2D eigenvalue weighted by Gasteiger charge is -2.23. The first-order chi connectivity index (χ1) is 12.6. The van der Waals surface area contributed by atoms with Crippen molar-refractivity contribution >= 4 is 34.5 Å². The van der Waals surface area contributed by atoms with E-state index in [0.29, 0.717) is 16.5 Å². The van der Waals surface area contributed by atoms with E-state index in [0.717, 1.165) is 24.3 Å². The fraction of sp³-hybridized carbons (Fsp3) is 0.333. The second-order valence-corrected chi connectivity index (χ2v) is 7.44. The molecule has 0 spiro atoms. The van der Waals surface area contributed by atoms with Crippen LogP contribution >= 0.6 is 11.3 Å². The Bertz CT molecular complexity index is 946. The van der Waals surface area contributed by atoms with Crippen LogP contribution in [-0.2, 0) is 4.79 Å². The molecule has 0 saturated heterocycles. The number of fused-ring (bicyclic) bond motifs is 1. The number of hydrogen-bond acceptors (Lipinski definition) is 5. The summed E-state index contributed by atoms with van der Waals surface area (Å²) >= 11 is 1.34. The van der Waals surface area contributed by atoms with Gasteiger partial charge in [0, 0.05) is 12.1 Å². The van der Waals surface area contributed by atoms with Gasteiger partial charge >= 0.3 is 0 Å². The van der Waals surface area contributed by atoms with Gasteiger partial charge in [-0.1, -0.05) is 12.5 Å². The SMILES string of the molecule is CC(NC(=O)c1cccs1)C(=O)Nc1ccc2nnc(C3CCC3)n2c1. The summed E-state index contributed by atoms with van der Waals surface area (Å²) in [5.41, 5.74) is 1.42. The molecule has 0 bridgehead atoms. The van der Waals surface area contributed by atoms with Gasteiger partial charge < -0.3 is 10.6 Å². The number of carbonyl (C=O) groups excluding carboxylic acids is 2. The fourth-order valence-electron chi connectivity index (χ4n) is 2.92. The van der Waals surface area contributed by atoms with Crippen LogP contribution < -0.4 is 10.6 Å². The van der Waals surface area contributed by atoms with Crippen molar-refractivity contribution in [2.75, 3.05) is 5.32 Å². The summed E-state index contributed by atoms with van der Waals surface area (Å²) in [7, 11) is 0. The molecule has 2 amide bonds. The first kappa shape index (κ1) is 16.7. The lowest BCUT2D eigenvalue weighted by molar-refractivity contribution is -0.117. The van der Waals surface area contributed by atoms with Crippen LogP contribution in [0.4, 0.5) is 5.69 Å². The fourth-order valence-corrected chi connectivity index (χ4v) is 3.55. The minimum Gasteiger partial charge on any atom is -0.340 e. The molecule has 1 aliphatic carbocycles. The van der Waals surface area contributed by atoms with Crippen LogP contribution in [-0.4, -0.2) is 32.5 Å². The van der Waals surface area contributed by atoms with Gasteiger partial charge in [0.25, 0.3) is 5.91 Å². The molecule has 7 nitrogen and oxygen atoms in total. The summed E-state index contributed by atoms with van der Waals surface area (Å²) < 4.78 is 1.94. The molecule has 3 aromatic heterocycles. The second-order valence-electron chi connectivity index (χ2n) is 6.49. The largest absolute Gasteiger partial charge is 0.340 e. The number of nitrogens with zero attached hydrogens (tertiary/aromatic N) is 3. The van der Waals surface area contributed by atoms with Gasteiger partial charge in [0.2, 0.25) is 5.91 Å². The number of hydrogen-bond donors (Lipinski definition) is 2. The zero-order valence-electron chi connectivity index (χ0n) is 14.3. The van der Waals surface area contributed by atoms with E-state index in [-0.39, 0.29) is 11.8 Å². The Kier molecular flexibility index (Phi) is 4.42. The average Bonchev–Trinajstić information content (AvgIpc) is 3.23. The zero-order valence-corrected chi connectivity index (χ0v) is 15.1. The number of anilines is 1. The van der Waals surface area contributed by atoms with Crippen molar-refractivity contribution in [3.8, 4) is 0 Å². The molecule has 26 heavy (non-hydrogen) atoms. The summed E-state index contributed by atoms with van der Waals surface area (Å²) in [5, 5.41) is 15.9. The average molecular weight is 369 g/mol. The Balaban J connectivity index is 1.45. The van der Waals surface area contributed by atoms with Gasteiger partial charge in [0.1, 0.15) is 11.9 Å². The third-order valence-electron chi connectivity index (χ3n) is 4.65. The van der Waals surface area contributed by atoms with Crippen LogP contribution in [0.2, 0.25) is 0 Å². The molecule has 1 saturated carbocycles.